The van der Waals surface area contributed by atoms with Crippen molar-refractivity contribution >= 4 is 45.9 Å². The quantitative estimate of drug-likeness (QED) is 0.392. The van der Waals surface area contributed by atoms with Gasteiger partial charge in [0.2, 0.25) is 0 Å². The van der Waals surface area contributed by atoms with E-state index in [0.29, 0.717) is 24.0 Å². The number of hydrogen-bond donors (Lipinski definition) is 1. The molecule has 23 heavy (non-hydrogen) atoms. The Labute approximate surface area is 163 Å². The van der Waals surface area contributed by atoms with Gasteiger partial charge in [-0.1, -0.05) is 34.1 Å². The van der Waals surface area contributed by atoms with E-state index in [-0.39, 0.29) is 24.0 Å². The van der Waals surface area contributed by atoms with Crippen molar-refractivity contribution in [1.82, 2.24) is 10.2 Å². The zero-order valence-electron chi connectivity index (χ0n) is 13.2. The van der Waals surface area contributed by atoms with Crippen LogP contribution < -0.4 is 5.32 Å². The van der Waals surface area contributed by atoms with E-state index >= 15 is 0 Å². The number of nitrogens with zero attached hydrogens (tertiary/aromatic N) is 2. The van der Waals surface area contributed by atoms with E-state index in [0.717, 1.165) is 30.1 Å². The van der Waals surface area contributed by atoms with Gasteiger partial charge in [-0.3, -0.25) is 4.99 Å². The molecule has 2 bridgehead atoms. The van der Waals surface area contributed by atoms with Crippen molar-refractivity contribution in [3.8, 4) is 0 Å². The number of fused-ring (bicyclic) bond motifs is 5. The van der Waals surface area contributed by atoms with Gasteiger partial charge in [-0.2, -0.15) is 0 Å². The monoisotopic (exact) mass is 491 g/mol. The molecule has 4 atom stereocenters. The number of halogens is 2. The number of aliphatic imine (C=N–C) groups is 1. The normalized spacial score (nSPS) is 31.9. The second kappa shape index (κ2) is 7.27. The largest absolute Gasteiger partial charge is 0.374 e. The molecule has 1 N–H and O–H groups in total. The first-order chi connectivity index (χ1) is 10.8. The van der Waals surface area contributed by atoms with Crippen LogP contribution >= 0.6 is 39.9 Å². The number of ether oxygens (including phenoxy) is 1. The van der Waals surface area contributed by atoms with Crippen molar-refractivity contribution in [1.29, 1.82) is 0 Å². The van der Waals surface area contributed by atoms with Crippen LogP contribution in [0.5, 0.6) is 0 Å². The van der Waals surface area contributed by atoms with Crippen molar-refractivity contribution in [3.63, 3.8) is 0 Å². The van der Waals surface area contributed by atoms with E-state index in [1.165, 1.54) is 18.4 Å². The maximum atomic E-state index is 6.05. The summed E-state index contributed by atoms with van der Waals surface area (Å²) in [6.07, 6.45) is 3.51. The van der Waals surface area contributed by atoms with Crippen LogP contribution in [0.2, 0.25) is 0 Å². The van der Waals surface area contributed by atoms with E-state index < -0.39 is 0 Å². The molecule has 4 nitrogen and oxygen atoms in total. The molecule has 0 radical (unpaired) electrons. The van der Waals surface area contributed by atoms with E-state index in [9.17, 15) is 0 Å². The van der Waals surface area contributed by atoms with Crippen LogP contribution in [-0.2, 0) is 11.3 Å². The molecular weight excluding hydrogens is 469 g/mol. The lowest BCUT2D eigenvalue weighted by Crippen LogP contribution is -2.41. The molecule has 1 aromatic rings. The minimum Gasteiger partial charge on any atom is -0.374 e. The van der Waals surface area contributed by atoms with Gasteiger partial charge in [0.25, 0.3) is 0 Å². The molecule has 4 rings (SSSR count). The smallest absolute Gasteiger partial charge is 0.193 e. The zero-order chi connectivity index (χ0) is 15.1. The molecule has 0 spiro atoms. The molecule has 3 aliphatic rings. The van der Waals surface area contributed by atoms with Crippen molar-refractivity contribution in [2.45, 2.75) is 31.6 Å². The van der Waals surface area contributed by atoms with Gasteiger partial charge >= 0.3 is 0 Å². The molecule has 0 amide bonds. The molecule has 126 valence electrons. The van der Waals surface area contributed by atoms with E-state index in [1.807, 2.05) is 13.1 Å². The second-order valence-corrected chi connectivity index (χ2v) is 7.37. The SMILES string of the molecule is CN=C(NCc1ccccc1Br)N1CC2C3CCC(O3)C2C1.I. The summed E-state index contributed by atoms with van der Waals surface area (Å²) in [5.41, 5.74) is 1.26. The van der Waals surface area contributed by atoms with Crippen LogP contribution in [0.3, 0.4) is 0 Å². The molecule has 3 aliphatic heterocycles. The Hall–Kier alpha value is -0.340. The average Bonchev–Trinajstić information content (AvgIpc) is 3.22. The van der Waals surface area contributed by atoms with Gasteiger partial charge in [0.05, 0.1) is 12.2 Å². The number of hydrogen-bond acceptors (Lipinski definition) is 2. The van der Waals surface area contributed by atoms with Crippen molar-refractivity contribution in [2.24, 2.45) is 16.8 Å². The van der Waals surface area contributed by atoms with Crippen LogP contribution in [0, 0.1) is 11.8 Å². The lowest BCUT2D eigenvalue weighted by molar-refractivity contribution is 0.0767. The third kappa shape index (κ3) is 3.26. The fourth-order valence-electron chi connectivity index (χ4n) is 4.28. The number of benzene rings is 1. The lowest BCUT2D eigenvalue weighted by atomic mass is 9.82. The van der Waals surface area contributed by atoms with E-state index in [4.69, 9.17) is 4.74 Å². The Balaban J connectivity index is 0.00000156. The van der Waals surface area contributed by atoms with Gasteiger partial charge in [-0.05, 0) is 24.5 Å². The van der Waals surface area contributed by atoms with Gasteiger partial charge in [0, 0.05) is 43.0 Å². The van der Waals surface area contributed by atoms with Gasteiger partial charge in [0.15, 0.2) is 5.96 Å². The van der Waals surface area contributed by atoms with Crippen LogP contribution in [0.15, 0.2) is 33.7 Å². The summed E-state index contributed by atoms with van der Waals surface area (Å²) >= 11 is 3.61. The first-order valence-corrected chi connectivity index (χ1v) is 8.90. The first kappa shape index (κ1) is 17.5. The molecule has 0 saturated carbocycles. The number of likely N-dealkylation sites (tertiary alicyclic amines) is 1. The van der Waals surface area contributed by atoms with E-state index in [1.54, 1.807) is 0 Å². The fourth-order valence-corrected chi connectivity index (χ4v) is 4.71. The predicted octanol–water partition coefficient (Wildman–Crippen LogP) is 3.25. The Bertz CT molecular complexity index is 579. The van der Waals surface area contributed by atoms with Crippen LogP contribution in [0.1, 0.15) is 18.4 Å². The Morgan fingerprint density at radius 2 is 1.91 bits per heavy atom. The standard InChI is InChI=1S/C17H22BrN3O.HI/c1-19-17(20-8-11-4-2-3-5-14(11)18)21-9-12-13(10-21)16-7-6-15(12)22-16;/h2-5,12-13,15-16H,6-10H2,1H3,(H,19,20);1H. The number of nitrogens with one attached hydrogen (secondary N) is 1. The highest BCUT2D eigenvalue weighted by Crippen LogP contribution is 2.47. The highest BCUT2D eigenvalue weighted by Gasteiger charge is 2.53. The minimum atomic E-state index is 0. The predicted molar refractivity (Wildman–Crippen MR) is 106 cm³/mol. The Morgan fingerprint density at radius 3 is 2.52 bits per heavy atom. The van der Waals surface area contributed by atoms with Crippen molar-refractivity contribution in [2.75, 3.05) is 20.1 Å². The Morgan fingerprint density at radius 1 is 1.26 bits per heavy atom. The van der Waals surface area contributed by atoms with E-state index in [2.05, 4.69) is 49.3 Å². The fraction of sp³-hybridized carbons (Fsp3) is 0.588. The molecule has 6 heteroatoms. The third-order valence-corrected chi connectivity index (χ3v) is 6.13. The zero-order valence-corrected chi connectivity index (χ0v) is 17.2. The lowest BCUT2D eigenvalue weighted by Gasteiger charge is -2.23. The van der Waals surface area contributed by atoms with Gasteiger partial charge in [-0.25, -0.2) is 0 Å². The molecule has 0 aliphatic carbocycles. The van der Waals surface area contributed by atoms with Crippen molar-refractivity contribution in [3.05, 3.63) is 34.3 Å². The summed E-state index contributed by atoms with van der Waals surface area (Å²) in [5.74, 6) is 2.44. The summed E-state index contributed by atoms with van der Waals surface area (Å²) in [5, 5.41) is 3.51. The average molecular weight is 492 g/mol. The summed E-state index contributed by atoms with van der Waals surface area (Å²) in [4.78, 5) is 6.90. The highest BCUT2D eigenvalue weighted by atomic mass is 127. The minimum absolute atomic E-state index is 0. The molecule has 4 unspecified atom stereocenters. The molecule has 3 heterocycles. The molecule has 0 aromatic heterocycles. The first-order valence-electron chi connectivity index (χ1n) is 8.10. The van der Waals surface area contributed by atoms with Gasteiger partial charge in [-0.15, -0.1) is 24.0 Å². The molecule has 1 aromatic carbocycles. The van der Waals surface area contributed by atoms with Crippen LogP contribution in [-0.4, -0.2) is 43.2 Å². The van der Waals surface area contributed by atoms with Gasteiger partial charge in [0.1, 0.15) is 0 Å². The summed E-state index contributed by atoms with van der Waals surface area (Å²) < 4.78 is 7.19. The molecular formula is C17H23BrIN3O. The summed E-state index contributed by atoms with van der Waals surface area (Å²) in [6.45, 7) is 2.96. The second-order valence-electron chi connectivity index (χ2n) is 6.52. The maximum Gasteiger partial charge on any atom is 0.193 e. The van der Waals surface area contributed by atoms with Crippen LogP contribution in [0.4, 0.5) is 0 Å². The number of guanidine groups is 1. The molecule has 3 saturated heterocycles. The summed E-state index contributed by atoms with van der Waals surface area (Å²) in [6, 6.07) is 8.33. The Kier molecular flexibility index (Phi) is 5.53. The third-order valence-electron chi connectivity index (χ3n) is 5.36. The van der Waals surface area contributed by atoms with Crippen molar-refractivity contribution < 1.29 is 4.74 Å². The van der Waals surface area contributed by atoms with Gasteiger partial charge < -0.3 is 15.0 Å². The highest BCUT2D eigenvalue weighted by molar-refractivity contribution is 14.0. The summed E-state index contributed by atoms with van der Waals surface area (Å²) in [7, 11) is 1.88. The number of rotatable bonds is 2. The molecule has 3 fully saturated rings. The maximum absolute atomic E-state index is 6.05. The van der Waals surface area contributed by atoms with Crippen LogP contribution in [0.25, 0.3) is 0 Å². The topological polar surface area (TPSA) is 36.9 Å².